The summed E-state index contributed by atoms with van der Waals surface area (Å²) in [5, 5.41) is 4.67. The fourth-order valence-corrected chi connectivity index (χ4v) is 3.12. The number of hydrogen-bond donors (Lipinski definition) is 1. The maximum absolute atomic E-state index is 13.6. The summed E-state index contributed by atoms with van der Waals surface area (Å²) in [5.41, 5.74) is 1.82. The first-order chi connectivity index (χ1) is 9.99. The Kier molecular flexibility index (Phi) is 6.06. The van der Waals surface area contributed by atoms with E-state index >= 15 is 0 Å². The van der Waals surface area contributed by atoms with Crippen LogP contribution in [0.25, 0.3) is 0 Å². The van der Waals surface area contributed by atoms with Crippen molar-refractivity contribution < 1.29 is 4.39 Å². The molecule has 21 heavy (non-hydrogen) atoms. The molecular formula is C16H15BrCl2FN. The van der Waals surface area contributed by atoms with Crippen LogP contribution in [-0.2, 0) is 6.42 Å². The van der Waals surface area contributed by atoms with Gasteiger partial charge in [-0.1, -0.05) is 46.1 Å². The second-order valence-corrected chi connectivity index (χ2v) is 6.51. The van der Waals surface area contributed by atoms with Gasteiger partial charge < -0.3 is 5.32 Å². The van der Waals surface area contributed by atoms with Crippen LogP contribution in [-0.4, -0.2) is 6.54 Å². The molecule has 2 aromatic rings. The molecule has 0 heterocycles. The van der Waals surface area contributed by atoms with Crippen LogP contribution in [0.3, 0.4) is 0 Å². The second-order valence-electron chi connectivity index (χ2n) is 4.75. The van der Waals surface area contributed by atoms with E-state index in [-0.39, 0.29) is 11.9 Å². The molecule has 0 saturated carbocycles. The lowest BCUT2D eigenvalue weighted by Crippen LogP contribution is -2.23. The Morgan fingerprint density at radius 3 is 2.62 bits per heavy atom. The van der Waals surface area contributed by atoms with E-state index in [2.05, 4.69) is 21.2 Å². The third kappa shape index (κ3) is 4.68. The molecule has 0 radical (unpaired) electrons. The Balaban J connectivity index is 2.32. The smallest absolute Gasteiger partial charge is 0.124 e. The van der Waals surface area contributed by atoms with E-state index in [9.17, 15) is 4.39 Å². The van der Waals surface area contributed by atoms with Crippen LogP contribution in [0.2, 0.25) is 10.0 Å². The van der Waals surface area contributed by atoms with Crippen molar-refractivity contribution in [2.75, 3.05) is 6.54 Å². The number of benzene rings is 2. The third-order valence-corrected chi connectivity index (χ3v) is 4.23. The van der Waals surface area contributed by atoms with E-state index in [4.69, 9.17) is 23.2 Å². The van der Waals surface area contributed by atoms with Crippen molar-refractivity contribution >= 4 is 39.1 Å². The van der Waals surface area contributed by atoms with Crippen LogP contribution in [0.4, 0.5) is 4.39 Å². The van der Waals surface area contributed by atoms with Crippen LogP contribution in [0.1, 0.15) is 24.1 Å². The molecule has 1 atom stereocenters. The fraction of sp³-hybridized carbons (Fsp3) is 0.250. The largest absolute Gasteiger partial charge is 0.310 e. The molecule has 0 aliphatic heterocycles. The minimum atomic E-state index is -0.264. The highest BCUT2D eigenvalue weighted by atomic mass is 79.9. The van der Waals surface area contributed by atoms with Gasteiger partial charge >= 0.3 is 0 Å². The molecule has 0 aromatic heterocycles. The Morgan fingerprint density at radius 1 is 1.19 bits per heavy atom. The highest BCUT2D eigenvalue weighted by Gasteiger charge is 2.15. The van der Waals surface area contributed by atoms with Crippen LogP contribution < -0.4 is 5.32 Å². The topological polar surface area (TPSA) is 12.0 Å². The first kappa shape index (κ1) is 16.8. The minimum absolute atomic E-state index is 0.0297. The molecule has 1 nitrogen and oxygen atoms in total. The number of likely N-dealkylation sites (N-methyl/N-ethyl adjacent to an activating group) is 1. The predicted octanol–water partition coefficient (Wildman–Crippen LogP) is 5.79. The van der Waals surface area contributed by atoms with Gasteiger partial charge in [-0.2, -0.15) is 0 Å². The van der Waals surface area contributed by atoms with E-state index in [1.807, 2.05) is 19.1 Å². The van der Waals surface area contributed by atoms with E-state index in [1.54, 1.807) is 12.1 Å². The molecule has 5 heteroatoms. The van der Waals surface area contributed by atoms with E-state index in [1.165, 1.54) is 12.1 Å². The van der Waals surface area contributed by atoms with Gasteiger partial charge in [0.05, 0.1) is 0 Å². The Hall–Kier alpha value is -0.610. The van der Waals surface area contributed by atoms with Crippen molar-refractivity contribution in [1.29, 1.82) is 0 Å². The van der Waals surface area contributed by atoms with Gasteiger partial charge in [-0.25, -0.2) is 4.39 Å². The quantitative estimate of drug-likeness (QED) is 0.681. The van der Waals surface area contributed by atoms with Gasteiger partial charge in [-0.05, 0) is 60.5 Å². The van der Waals surface area contributed by atoms with Crippen molar-refractivity contribution in [3.63, 3.8) is 0 Å². The third-order valence-electron chi connectivity index (χ3n) is 3.17. The lowest BCUT2D eigenvalue weighted by atomic mass is 9.98. The molecule has 0 saturated heterocycles. The van der Waals surface area contributed by atoms with E-state index in [0.717, 1.165) is 22.1 Å². The minimum Gasteiger partial charge on any atom is -0.310 e. The van der Waals surface area contributed by atoms with Gasteiger partial charge in [-0.15, -0.1) is 0 Å². The molecular weight excluding hydrogens is 376 g/mol. The summed E-state index contributed by atoms with van der Waals surface area (Å²) < 4.78 is 14.3. The highest BCUT2D eigenvalue weighted by molar-refractivity contribution is 9.10. The maximum Gasteiger partial charge on any atom is 0.124 e. The van der Waals surface area contributed by atoms with Gasteiger partial charge in [0.1, 0.15) is 5.82 Å². The Morgan fingerprint density at radius 2 is 1.95 bits per heavy atom. The van der Waals surface area contributed by atoms with Gasteiger partial charge in [0.15, 0.2) is 0 Å². The first-order valence-electron chi connectivity index (χ1n) is 6.63. The molecule has 1 unspecified atom stereocenters. The first-order valence-corrected chi connectivity index (χ1v) is 8.17. The lowest BCUT2D eigenvalue weighted by Gasteiger charge is -2.20. The monoisotopic (exact) mass is 389 g/mol. The zero-order valence-corrected chi connectivity index (χ0v) is 14.6. The van der Waals surface area contributed by atoms with Crippen molar-refractivity contribution in [3.05, 3.63) is 67.9 Å². The zero-order valence-electron chi connectivity index (χ0n) is 11.5. The highest BCUT2D eigenvalue weighted by Crippen LogP contribution is 2.28. The standard InChI is InChI=1S/C16H15BrCl2FN/c1-2-21-16(11-5-12(17)9-14(20)7-11)8-10-6-13(18)3-4-15(10)19/h3-7,9,16,21H,2,8H2,1H3. The van der Waals surface area contributed by atoms with Crippen LogP contribution in [0.5, 0.6) is 0 Å². The van der Waals surface area contributed by atoms with Crippen LogP contribution in [0.15, 0.2) is 40.9 Å². The molecule has 0 spiro atoms. The summed E-state index contributed by atoms with van der Waals surface area (Å²) in [6, 6.07) is 10.3. The maximum atomic E-state index is 13.6. The summed E-state index contributed by atoms with van der Waals surface area (Å²) in [7, 11) is 0. The Labute approximate surface area is 142 Å². The lowest BCUT2D eigenvalue weighted by molar-refractivity contribution is 0.542. The summed E-state index contributed by atoms with van der Waals surface area (Å²) in [6.45, 7) is 2.79. The number of hydrogen-bond acceptors (Lipinski definition) is 1. The van der Waals surface area contributed by atoms with Gasteiger partial charge in [0, 0.05) is 20.6 Å². The van der Waals surface area contributed by atoms with E-state index < -0.39 is 0 Å². The van der Waals surface area contributed by atoms with Crippen LogP contribution >= 0.6 is 39.1 Å². The predicted molar refractivity (Wildman–Crippen MR) is 90.7 cm³/mol. The van der Waals surface area contributed by atoms with Crippen molar-refractivity contribution in [2.24, 2.45) is 0 Å². The average Bonchev–Trinajstić information content (AvgIpc) is 2.41. The summed E-state index contributed by atoms with van der Waals surface area (Å²) in [5.74, 6) is -0.264. The molecule has 0 bridgehead atoms. The zero-order chi connectivity index (χ0) is 15.4. The van der Waals surface area contributed by atoms with Gasteiger partial charge in [0.25, 0.3) is 0 Å². The molecule has 0 aliphatic rings. The molecule has 2 rings (SSSR count). The molecule has 2 aromatic carbocycles. The fourth-order valence-electron chi connectivity index (χ4n) is 2.25. The van der Waals surface area contributed by atoms with Gasteiger partial charge in [0.2, 0.25) is 0 Å². The SMILES string of the molecule is CCNC(Cc1cc(Cl)ccc1Cl)c1cc(F)cc(Br)c1. The molecule has 0 amide bonds. The second kappa shape index (κ2) is 7.59. The van der Waals surface area contributed by atoms with Gasteiger partial charge in [-0.3, -0.25) is 0 Å². The van der Waals surface area contributed by atoms with Crippen LogP contribution in [0, 0.1) is 5.82 Å². The van der Waals surface area contributed by atoms with Crippen molar-refractivity contribution in [3.8, 4) is 0 Å². The number of halogens is 4. The van der Waals surface area contributed by atoms with Crippen molar-refractivity contribution in [1.82, 2.24) is 5.32 Å². The average molecular weight is 391 g/mol. The number of rotatable bonds is 5. The molecule has 0 fully saturated rings. The Bertz CT molecular complexity index is 613. The molecule has 1 N–H and O–H groups in total. The molecule has 0 aliphatic carbocycles. The molecule has 112 valence electrons. The van der Waals surface area contributed by atoms with E-state index in [0.29, 0.717) is 16.5 Å². The van der Waals surface area contributed by atoms with Crippen molar-refractivity contribution in [2.45, 2.75) is 19.4 Å². The summed E-state index contributed by atoms with van der Waals surface area (Å²) >= 11 is 15.6. The summed E-state index contributed by atoms with van der Waals surface area (Å²) in [4.78, 5) is 0. The number of nitrogens with one attached hydrogen (secondary N) is 1. The summed E-state index contributed by atoms with van der Waals surface area (Å²) in [6.07, 6.45) is 0.642. The normalized spacial score (nSPS) is 12.4.